The molecule has 12 rings (SSSR count). The van der Waals surface area contributed by atoms with Crippen LogP contribution in [0.5, 0.6) is 23.0 Å². The predicted molar refractivity (Wildman–Crippen MR) is 333 cm³/mol. The predicted octanol–water partition coefficient (Wildman–Crippen LogP) is 12.1. The van der Waals surface area contributed by atoms with Crippen LogP contribution < -0.4 is 39.0 Å². The molecule has 0 bridgehead atoms. The van der Waals surface area contributed by atoms with E-state index in [-0.39, 0.29) is 62.4 Å². The Labute approximate surface area is 533 Å². The molecule has 12 nitrogen and oxygen atoms in total. The number of hydrogen-bond acceptors (Lipinski definition) is 14. The van der Waals surface area contributed by atoms with Crippen molar-refractivity contribution in [1.29, 1.82) is 0 Å². The Balaban J connectivity index is 0.000000187. The van der Waals surface area contributed by atoms with Crippen LogP contribution in [0.2, 0.25) is 0 Å². The van der Waals surface area contributed by atoms with Gasteiger partial charge in [-0.3, -0.25) is 0 Å². The second-order valence-electron chi connectivity index (χ2n) is 20.9. The van der Waals surface area contributed by atoms with Gasteiger partial charge in [-0.15, -0.1) is 22.7 Å². The molecule has 2 aliphatic rings. The molecule has 2 aliphatic heterocycles. The van der Waals surface area contributed by atoms with Gasteiger partial charge in [-0.25, -0.2) is 9.97 Å². The maximum atomic E-state index is 11.0. The summed E-state index contributed by atoms with van der Waals surface area (Å²) in [7, 11) is 0. The standard InChI is InChI=1S/2C35H32N2O4S.Ca/c2*38-34(39)19-29-23-41-33-20-30(15-16-31(29)33)40-22-27-13-11-26(12-14-27)21-37(18-17-25-7-3-1-4-8-25)35-36-32(24-42-35)28-9-5-2-6-10-28;/h2*1-16,20,24,29H,17-19,21-23H2,(H,38,39);/q;;+2/p-2. The van der Waals surface area contributed by atoms with E-state index in [0.717, 1.165) is 94.1 Å². The van der Waals surface area contributed by atoms with Crippen molar-refractivity contribution >= 4 is 82.6 Å². The molecule has 0 aliphatic carbocycles. The number of carbonyl (C=O) groups is 2. The number of thiazole rings is 2. The van der Waals surface area contributed by atoms with E-state index >= 15 is 0 Å². The van der Waals surface area contributed by atoms with Crippen LogP contribution in [-0.2, 0) is 48.7 Å². The van der Waals surface area contributed by atoms with Crippen LogP contribution in [0.1, 0.15) is 69.2 Å². The van der Waals surface area contributed by atoms with Crippen LogP contribution in [0.3, 0.4) is 0 Å². The SMILES string of the molecule is O=C([O-])CC1COc2cc(OCc3ccc(CN(CCc4ccccc4)c4nc(-c5ccccc5)cs4)cc3)ccc21.O=C([O-])CC1COc2cc(OCc3ccc(CN(CCc4ccccc4)c4nc(-c5ccccc5)cs4)cc3)ccc21.[Ca+2]. The van der Waals surface area contributed by atoms with Crippen LogP contribution in [0.25, 0.3) is 22.5 Å². The fourth-order valence-corrected chi connectivity index (χ4v) is 12.0. The van der Waals surface area contributed by atoms with Crippen molar-refractivity contribution in [2.75, 3.05) is 36.1 Å². The molecule has 0 radical (unpaired) electrons. The van der Waals surface area contributed by atoms with Gasteiger partial charge in [-0.05, 0) is 71.2 Å². The van der Waals surface area contributed by atoms with Crippen molar-refractivity contribution < 1.29 is 38.7 Å². The molecule has 0 N–H and O–H groups in total. The maximum Gasteiger partial charge on any atom is 2.00 e. The first-order chi connectivity index (χ1) is 41.2. The van der Waals surface area contributed by atoms with Gasteiger partial charge in [0.1, 0.15) is 36.2 Å². The summed E-state index contributed by atoms with van der Waals surface area (Å²) in [5.41, 5.74) is 13.2. The summed E-state index contributed by atoms with van der Waals surface area (Å²) in [5.74, 6) is 0.270. The van der Waals surface area contributed by atoms with E-state index in [4.69, 9.17) is 28.9 Å². The van der Waals surface area contributed by atoms with Crippen molar-refractivity contribution in [1.82, 2.24) is 9.97 Å². The molecule has 0 saturated carbocycles. The van der Waals surface area contributed by atoms with E-state index < -0.39 is 11.9 Å². The second-order valence-corrected chi connectivity index (χ2v) is 22.5. The number of carbonyl (C=O) groups excluding carboxylic acids is 2. The van der Waals surface area contributed by atoms with Gasteiger partial charge in [0.2, 0.25) is 0 Å². The second kappa shape index (κ2) is 29.7. The first-order valence-corrected chi connectivity index (χ1v) is 29.9. The molecule has 4 heterocycles. The number of nitrogens with zero attached hydrogens (tertiary/aromatic N) is 4. The van der Waals surface area contributed by atoms with Gasteiger partial charge in [0.25, 0.3) is 0 Å². The first-order valence-electron chi connectivity index (χ1n) is 28.2. The normalized spacial score (nSPS) is 13.6. The van der Waals surface area contributed by atoms with E-state index in [9.17, 15) is 19.8 Å². The number of carboxylic acid groups (broad SMARTS) is 2. The van der Waals surface area contributed by atoms with Crippen LogP contribution in [0.4, 0.5) is 10.3 Å². The molecule has 15 heteroatoms. The number of carboxylic acids is 2. The molecule has 0 amide bonds. The smallest absolute Gasteiger partial charge is 0.550 e. The fraction of sp³-hybridized carbons (Fsp3) is 0.200. The van der Waals surface area contributed by atoms with Gasteiger partial charge >= 0.3 is 37.7 Å². The fourth-order valence-electron chi connectivity index (χ4n) is 10.3. The van der Waals surface area contributed by atoms with Gasteiger partial charge in [0.05, 0.1) is 24.6 Å². The number of rotatable bonds is 24. The number of aromatic nitrogens is 2. The minimum absolute atomic E-state index is 0. The van der Waals surface area contributed by atoms with Crippen molar-refractivity contribution in [3.05, 3.63) is 262 Å². The zero-order chi connectivity index (χ0) is 57.5. The van der Waals surface area contributed by atoms with E-state index in [0.29, 0.717) is 49.4 Å². The summed E-state index contributed by atoms with van der Waals surface area (Å²) in [5, 5.41) is 28.3. The van der Waals surface area contributed by atoms with Gasteiger partial charge < -0.3 is 48.5 Å². The van der Waals surface area contributed by atoms with Crippen LogP contribution in [0.15, 0.2) is 217 Å². The Morgan fingerprint density at radius 1 is 0.471 bits per heavy atom. The molecule has 10 aromatic rings. The molecular formula is C70H62CaN4O8S2. The van der Waals surface area contributed by atoms with E-state index in [1.807, 2.05) is 84.9 Å². The zero-order valence-electron chi connectivity index (χ0n) is 47.0. The Hall–Kier alpha value is -7.98. The maximum absolute atomic E-state index is 11.0. The van der Waals surface area contributed by atoms with Crippen molar-refractivity contribution in [2.24, 2.45) is 0 Å². The average molecular weight is 1190 g/mol. The third-order valence-electron chi connectivity index (χ3n) is 14.9. The first kappa shape index (κ1) is 60.2. The number of benzene rings is 8. The number of ether oxygens (including phenoxy) is 4. The molecule has 0 fully saturated rings. The number of fused-ring (bicyclic) bond motifs is 2. The molecule has 0 saturated heterocycles. The monoisotopic (exact) mass is 1190 g/mol. The Morgan fingerprint density at radius 2 is 0.835 bits per heavy atom. The van der Waals surface area contributed by atoms with Gasteiger partial charge in [0, 0.05) is 95.1 Å². The summed E-state index contributed by atoms with van der Waals surface area (Å²) in [6.45, 7) is 4.78. The molecule has 2 unspecified atom stereocenters. The third-order valence-corrected chi connectivity index (χ3v) is 16.7. The number of aliphatic carboxylic acids is 2. The summed E-state index contributed by atoms with van der Waals surface area (Å²) in [4.78, 5) is 36.7. The van der Waals surface area contributed by atoms with Crippen LogP contribution in [0, 0.1) is 0 Å². The van der Waals surface area contributed by atoms with Crippen molar-refractivity contribution in [2.45, 2.75) is 63.8 Å². The van der Waals surface area contributed by atoms with E-state index in [1.54, 1.807) is 22.7 Å². The zero-order valence-corrected chi connectivity index (χ0v) is 50.8. The van der Waals surface area contributed by atoms with Crippen molar-refractivity contribution in [3.8, 4) is 45.5 Å². The minimum atomic E-state index is -1.07. The van der Waals surface area contributed by atoms with Crippen molar-refractivity contribution in [3.63, 3.8) is 0 Å². The molecule has 424 valence electrons. The van der Waals surface area contributed by atoms with E-state index in [1.165, 1.54) is 22.3 Å². The molecule has 2 aromatic heterocycles. The quantitative estimate of drug-likeness (QED) is 0.0530. The molecule has 0 spiro atoms. The molecule has 8 aromatic carbocycles. The summed E-state index contributed by atoms with van der Waals surface area (Å²) in [6, 6.07) is 69.9. The Bertz CT molecular complexity index is 3490. The number of anilines is 2. The average Bonchev–Trinajstić information content (AvgIpc) is 4.51. The number of hydrogen-bond donors (Lipinski definition) is 0. The Kier molecular flexibility index (Phi) is 21.0. The van der Waals surface area contributed by atoms with E-state index in [2.05, 4.69) is 142 Å². The summed E-state index contributed by atoms with van der Waals surface area (Å²) in [6.07, 6.45) is 1.79. The summed E-state index contributed by atoms with van der Waals surface area (Å²) >= 11 is 3.36. The van der Waals surface area contributed by atoms with Crippen LogP contribution >= 0.6 is 22.7 Å². The minimum Gasteiger partial charge on any atom is -0.550 e. The van der Waals surface area contributed by atoms with Crippen LogP contribution in [-0.4, -0.2) is 85.9 Å². The Morgan fingerprint density at radius 3 is 1.21 bits per heavy atom. The topological polar surface area (TPSA) is 149 Å². The van der Waals surface area contributed by atoms with Gasteiger partial charge in [-0.2, -0.15) is 0 Å². The van der Waals surface area contributed by atoms with Gasteiger partial charge in [0.15, 0.2) is 10.3 Å². The third kappa shape index (κ3) is 16.7. The van der Waals surface area contributed by atoms with Gasteiger partial charge in [-0.1, -0.05) is 182 Å². The molecule has 85 heavy (non-hydrogen) atoms. The molecule has 2 atom stereocenters. The largest absolute Gasteiger partial charge is 2.00 e. The summed E-state index contributed by atoms with van der Waals surface area (Å²) < 4.78 is 23.4. The molecular weight excluding hydrogens is 1130 g/mol.